The molecule has 0 aliphatic rings. The Labute approximate surface area is 148 Å². The van der Waals surface area contributed by atoms with Crippen LogP contribution in [0.1, 0.15) is 5.56 Å². The summed E-state index contributed by atoms with van der Waals surface area (Å²) in [7, 11) is -2.63. The van der Waals surface area contributed by atoms with Crippen LogP contribution in [-0.4, -0.2) is 21.4 Å². The zero-order valence-corrected chi connectivity index (χ0v) is 15.1. The van der Waals surface area contributed by atoms with E-state index in [0.717, 1.165) is 10.0 Å². The maximum atomic E-state index is 12.0. The zero-order valence-electron chi connectivity index (χ0n) is 12.7. The molecule has 0 saturated carbocycles. The van der Waals surface area contributed by atoms with Crippen molar-refractivity contribution in [3.63, 3.8) is 0 Å². The fourth-order valence-electron chi connectivity index (χ4n) is 1.94. The molecule has 6 nitrogen and oxygen atoms in total. The van der Waals surface area contributed by atoms with Gasteiger partial charge in [-0.2, -0.15) is 0 Å². The number of primary sulfonamides is 1. The molecule has 0 radical (unpaired) electrons. The molecule has 0 aliphatic carbocycles. The van der Waals surface area contributed by atoms with Gasteiger partial charge in [0.15, 0.2) is 0 Å². The Morgan fingerprint density at radius 2 is 1.96 bits per heavy atom. The third kappa shape index (κ3) is 4.67. The topological polar surface area (TPSA) is 98.5 Å². The number of hydrogen-bond donors (Lipinski definition) is 2. The average Bonchev–Trinajstić information content (AvgIpc) is 2.53. The molecule has 2 aromatic rings. The van der Waals surface area contributed by atoms with E-state index in [-0.39, 0.29) is 10.6 Å². The van der Waals surface area contributed by atoms with Crippen LogP contribution < -0.4 is 15.2 Å². The van der Waals surface area contributed by atoms with Crippen LogP contribution in [0.3, 0.4) is 0 Å². The Kier molecular flexibility index (Phi) is 5.76. The molecule has 3 N–H and O–H groups in total. The van der Waals surface area contributed by atoms with Crippen molar-refractivity contribution >= 4 is 43.6 Å². The number of rotatable bonds is 5. The number of nitrogens with one attached hydrogen (secondary N) is 1. The number of methoxy groups -OCH3 is 1. The van der Waals surface area contributed by atoms with Crippen molar-refractivity contribution < 1.29 is 17.9 Å². The highest BCUT2D eigenvalue weighted by Crippen LogP contribution is 2.26. The van der Waals surface area contributed by atoms with E-state index >= 15 is 0 Å². The molecule has 0 saturated heterocycles. The summed E-state index contributed by atoms with van der Waals surface area (Å²) in [6.07, 6.45) is 2.99. The second-order valence-corrected chi connectivity index (χ2v) is 7.14. The molecule has 2 aromatic carbocycles. The third-order valence-electron chi connectivity index (χ3n) is 3.06. The summed E-state index contributed by atoms with van der Waals surface area (Å²) in [5, 5.41) is 7.72. The van der Waals surface area contributed by atoms with Gasteiger partial charge in [-0.05, 0) is 35.9 Å². The number of sulfonamides is 1. The number of carbonyl (C=O) groups is 1. The summed E-state index contributed by atoms with van der Waals surface area (Å²) < 4.78 is 28.9. The van der Waals surface area contributed by atoms with Crippen molar-refractivity contribution in [3.05, 3.63) is 58.6 Å². The van der Waals surface area contributed by atoms with Crippen molar-refractivity contribution in [2.24, 2.45) is 5.14 Å². The highest BCUT2D eigenvalue weighted by molar-refractivity contribution is 9.10. The first-order valence-electron chi connectivity index (χ1n) is 6.75. The van der Waals surface area contributed by atoms with Gasteiger partial charge in [-0.15, -0.1) is 0 Å². The number of halogens is 1. The predicted molar refractivity (Wildman–Crippen MR) is 96.2 cm³/mol. The number of hydrogen-bond acceptors (Lipinski definition) is 4. The molecule has 8 heteroatoms. The summed E-state index contributed by atoms with van der Waals surface area (Å²) in [6, 6.07) is 11.6. The second-order valence-electron chi connectivity index (χ2n) is 4.75. The fourth-order valence-corrected chi connectivity index (χ4v) is 3.08. The SMILES string of the molecule is COc1ccc(NC(=O)/C=C/c2ccccc2Br)cc1S(N)(=O)=O. The van der Waals surface area contributed by atoms with Gasteiger partial charge in [-0.25, -0.2) is 13.6 Å². The third-order valence-corrected chi connectivity index (χ3v) is 4.71. The first-order valence-corrected chi connectivity index (χ1v) is 9.09. The predicted octanol–water partition coefficient (Wildman–Crippen LogP) is 2.76. The average molecular weight is 411 g/mol. The van der Waals surface area contributed by atoms with Crippen LogP contribution in [0.5, 0.6) is 5.75 Å². The van der Waals surface area contributed by atoms with Crippen LogP contribution in [-0.2, 0) is 14.8 Å². The lowest BCUT2D eigenvalue weighted by Gasteiger charge is -2.09. The van der Waals surface area contributed by atoms with E-state index in [0.29, 0.717) is 5.69 Å². The Morgan fingerprint density at radius 1 is 1.25 bits per heavy atom. The zero-order chi connectivity index (χ0) is 17.7. The van der Waals surface area contributed by atoms with E-state index in [4.69, 9.17) is 9.88 Å². The molecule has 0 fully saturated rings. The summed E-state index contributed by atoms with van der Waals surface area (Å²) in [5.41, 5.74) is 1.13. The van der Waals surface area contributed by atoms with Crippen molar-refractivity contribution in [3.8, 4) is 5.75 Å². The largest absolute Gasteiger partial charge is 0.495 e. The molecule has 0 atom stereocenters. The molecular weight excluding hydrogens is 396 g/mol. The molecule has 0 unspecified atom stereocenters. The molecule has 2 rings (SSSR count). The summed E-state index contributed by atoms with van der Waals surface area (Å²) in [5.74, 6) is -0.296. The molecule has 0 bridgehead atoms. The molecule has 0 aliphatic heterocycles. The quantitative estimate of drug-likeness (QED) is 0.740. The number of amides is 1. The van der Waals surface area contributed by atoms with Gasteiger partial charge in [0.1, 0.15) is 10.6 Å². The van der Waals surface area contributed by atoms with E-state index in [2.05, 4.69) is 21.2 Å². The molecule has 126 valence electrons. The highest BCUT2D eigenvalue weighted by Gasteiger charge is 2.16. The van der Waals surface area contributed by atoms with Crippen LogP contribution in [0.4, 0.5) is 5.69 Å². The molecule has 1 amide bonds. The fraction of sp³-hybridized carbons (Fsp3) is 0.0625. The Morgan fingerprint density at radius 3 is 2.58 bits per heavy atom. The van der Waals surface area contributed by atoms with Gasteiger partial charge in [0.2, 0.25) is 15.9 Å². The number of anilines is 1. The van der Waals surface area contributed by atoms with Gasteiger partial charge < -0.3 is 10.1 Å². The van der Waals surface area contributed by atoms with E-state index < -0.39 is 15.9 Å². The van der Waals surface area contributed by atoms with Gasteiger partial charge in [0.25, 0.3) is 0 Å². The first kappa shape index (κ1) is 18.2. The molecule has 0 aromatic heterocycles. The number of carbonyl (C=O) groups excluding carboxylic acids is 1. The van der Waals surface area contributed by atoms with Crippen molar-refractivity contribution in [2.45, 2.75) is 4.90 Å². The number of ether oxygens (including phenoxy) is 1. The lowest BCUT2D eigenvalue weighted by atomic mass is 10.2. The van der Waals surface area contributed by atoms with E-state index in [1.54, 1.807) is 6.08 Å². The van der Waals surface area contributed by atoms with Crippen LogP contribution in [0.2, 0.25) is 0 Å². The minimum atomic E-state index is -3.97. The van der Waals surface area contributed by atoms with E-state index in [1.807, 2.05) is 24.3 Å². The normalized spacial score (nSPS) is 11.5. The van der Waals surface area contributed by atoms with Crippen molar-refractivity contribution in [1.29, 1.82) is 0 Å². The molecule has 0 spiro atoms. The Balaban J connectivity index is 2.19. The molecule has 0 heterocycles. The maximum Gasteiger partial charge on any atom is 0.248 e. The molecule has 24 heavy (non-hydrogen) atoms. The number of nitrogens with two attached hydrogens (primary N) is 1. The summed E-state index contributed by atoms with van der Waals surface area (Å²) in [4.78, 5) is 11.8. The minimum Gasteiger partial charge on any atom is -0.495 e. The van der Waals surface area contributed by atoms with Gasteiger partial charge in [-0.1, -0.05) is 34.1 Å². The van der Waals surface area contributed by atoms with E-state index in [1.165, 1.54) is 31.4 Å². The van der Waals surface area contributed by atoms with Crippen LogP contribution >= 0.6 is 15.9 Å². The van der Waals surface area contributed by atoms with E-state index in [9.17, 15) is 13.2 Å². The first-order chi connectivity index (χ1) is 11.3. The van der Waals surface area contributed by atoms with Crippen LogP contribution in [0.15, 0.2) is 57.9 Å². The maximum absolute atomic E-state index is 12.0. The number of benzene rings is 2. The lowest BCUT2D eigenvalue weighted by Crippen LogP contribution is -2.15. The lowest BCUT2D eigenvalue weighted by molar-refractivity contribution is -0.111. The van der Waals surface area contributed by atoms with Gasteiger partial charge in [-0.3, -0.25) is 4.79 Å². The molecular formula is C16H15BrN2O4S. The Hall–Kier alpha value is -2.16. The van der Waals surface area contributed by atoms with Crippen LogP contribution in [0.25, 0.3) is 6.08 Å². The summed E-state index contributed by atoms with van der Waals surface area (Å²) >= 11 is 3.38. The minimum absolute atomic E-state index is 0.110. The monoisotopic (exact) mass is 410 g/mol. The van der Waals surface area contributed by atoms with Crippen molar-refractivity contribution in [1.82, 2.24) is 0 Å². The van der Waals surface area contributed by atoms with Gasteiger partial charge in [0, 0.05) is 16.2 Å². The van der Waals surface area contributed by atoms with Gasteiger partial charge in [0.05, 0.1) is 7.11 Å². The Bertz CT molecular complexity index is 895. The highest BCUT2D eigenvalue weighted by atomic mass is 79.9. The standard InChI is InChI=1S/C16H15BrN2O4S/c1-23-14-8-7-12(10-15(14)24(18,21)22)19-16(20)9-6-11-4-2-3-5-13(11)17/h2-10H,1H3,(H,19,20)(H2,18,21,22)/b9-6+. The smallest absolute Gasteiger partial charge is 0.248 e. The second kappa shape index (κ2) is 7.61. The van der Waals surface area contributed by atoms with Crippen molar-refractivity contribution in [2.75, 3.05) is 12.4 Å². The summed E-state index contributed by atoms with van der Waals surface area (Å²) in [6.45, 7) is 0. The van der Waals surface area contributed by atoms with Crippen LogP contribution in [0, 0.1) is 0 Å². The van der Waals surface area contributed by atoms with Gasteiger partial charge >= 0.3 is 0 Å².